The van der Waals surface area contributed by atoms with Gasteiger partial charge in [-0.3, -0.25) is 13.8 Å². The van der Waals surface area contributed by atoms with Crippen molar-refractivity contribution in [2.45, 2.75) is 180 Å². The van der Waals surface area contributed by atoms with Gasteiger partial charge in [0.2, 0.25) is 0 Å². The molecule has 8 nitrogen and oxygen atoms in total. The molecular weight excluding hydrogens is 697 g/mol. The Morgan fingerprint density at radius 1 is 0.574 bits per heavy atom. The van der Waals surface area contributed by atoms with Crippen LogP contribution < -0.4 is 0 Å². The van der Waals surface area contributed by atoms with Gasteiger partial charge in [-0.25, -0.2) is 4.57 Å². The SMILES string of the molecule is CCC/C=C\CCCCCCCCOCC(COP(=O)(O)OCC[N+](C)(C)C)OC(=O)CCCCCCCC/C=C\C/C=C\C/C=C\CCCCCCC. The van der Waals surface area contributed by atoms with E-state index in [-0.39, 0.29) is 25.8 Å². The fourth-order valence-corrected chi connectivity index (χ4v) is 6.42. The Kier molecular flexibility index (Phi) is 37.2. The van der Waals surface area contributed by atoms with Gasteiger partial charge >= 0.3 is 13.8 Å². The number of hydrogen-bond acceptors (Lipinski definition) is 6. The minimum absolute atomic E-state index is 0.0831. The predicted molar refractivity (Wildman–Crippen MR) is 229 cm³/mol. The zero-order chi connectivity index (χ0) is 39.9. The normalized spacial score (nSPS) is 14.3. The zero-order valence-corrected chi connectivity index (χ0v) is 36.6. The fourth-order valence-electron chi connectivity index (χ4n) is 5.68. The van der Waals surface area contributed by atoms with Gasteiger partial charge in [-0.15, -0.1) is 0 Å². The van der Waals surface area contributed by atoms with Gasteiger partial charge < -0.3 is 18.9 Å². The molecule has 0 aliphatic rings. The number of phosphoric acid groups is 1. The van der Waals surface area contributed by atoms with Crippen LogP contribution in [0.5, 0.6) is 0 Å². The van der Waals surface area contributed by atoms with Crippen LogP contribution in [-0.2, 0) is 27.9 Å². The summed E-state index contributed by atoms with van der Waals surface area (Å²) in [6.07, 6.45) is 45.7. The Morgan fingerprint density at radius 3 is 1.61 bits per heavy atom. The van der Waals surface area contributed by atoms with Crippen LogP contribution in [0.2, 0.25) is 0 Å². The molecule has 0 aromatic heterocycles. The lowest BCUT2D eigenvalue weighted by atomic mass is 10.1. The number of unbranched alkanes of at least 4 members (excludes halogenated alkanes) is 18. The first-order chi connectivity index (χ1) is 26.1. The monoisotopic (exact) mass is 783 g/mol. The van der Waals surface area contributed by atoms with Gasteiger partial charge in [0.25, 0.3) is 0 Å². The van der Waals surface area contributed by atoms with E-state index >= 15 is 0 Å². The molecule has 0 fully saturated rings. The number of carbonyl (C=O) groups is 1. The van der Waals surface area contributed by atoms with Gasteiger partial charge in [0.1, 0.15) is 19.3 Å². The maximum Gasteiger partial charge on any atom is 0.472 e. The van der Waals surface area contributed by atoms with Gasteiger partial charge in [-0.05, 0) is 70.6 Å². The highest BCUT2D eigenvalue weighted by atomic mass is 31.2. The number of phosphoric ester groups is 1. The lowest BCUT2D eigenvalue weighted by Crippen LogP contribution is -2.37. The van der Waals surface area contributed by atoms with Crippen LogP contribution in [0.15, 0.2) is 48.6 Å². The number of likely N-dealkylation sites (N-methyl/N-ethyl adjacent to an activating group) is 1. The number of quaternary nitrogens is 1. The number of hydrogen-bond donors (Lipinski definition) is 1. The van der Waals surface area contributed by atoms with E-state index in [0.717, 1.165) is 57.8 Å². The van der Waals surface area contributed by atoms with Crippen molar-refractivity contribution in [2.75, 3.05) is 54.1 Å². The maximum absolute atomic E-state index is 12.7. The molecule has 316 valence electrons. The summed E-state index contributed by atoms with van der Waals surface area (Å²) in [7, 11) is 1.65. The van der Waals surface area contributed by atoms with Crippen LogP contribution in [-0.4, -0.2) is 75.6 Å². The van der Waals surface area contributed by atoms with E-state index in [9.17, 15) is 14.3 Å². The van der Waals surface area contributed by atoms with E-state index in [2.05, 4.69) is 62.5 Å². The molecule has 0 heterocycles. The van der Waals surface area contributed by atoms with Crippen molar-refractivity contribution in [1.82, 2.24) is 0 Å². The molecule has 0 saturated heterocycles. The molecule has 0 amide bonds. The second kappa shape index (κ2) is 38.3. The predicted octanol–water partition coefficient (Wildman–Crippen LogP) is 12.8. The minimum Gasteiger partial charge on any atom is -0.457 e. The average molecular weight is 783 g/mol. The van der Waals surface area contributed by atoms with E-state index < -0.39 is 13.9 Å². The number of carbonyl (C=O) groups excluding carboxylic acids is 1. The van der Waals surface area contributed by atoms with Gasteiger partial charge in [0.05, 0.1) is 34.4 Å². The van der Waals surface area contributed by atoms with Crippen molar-refractivity contribution in [3.05, 3.63) is 48.6 Å². The molecule has 9 heteroatoms. The van der Waals surface area contributed by atoms with E-state index in [4.69, 9.17) is 18.5 Å². The standard InChI is InChI=1S/C45H84NO7P/c1-6-8-10-12-14-16-18-19-20-21-22-23-24-25-26-27-28-30-32-34-36-38-45(47)53-44(43-52-54(48,49)51-41-39-46(3,4)5)42-50-40-37-35-33-31-29-17-15-13-11-9-7-2/h11,13,18-19,21-22,24-25,44H,6-10,12,14-17,20,23,26-43H2,1-5H3/p+1/b13-11-,19-18-,22-21-,25-24-. The Hall–Kier alpha value is -1.54. The van der Waals surface area contributed by atoms with Crippen LogP contribution in [0.4, 0.5) is 0 Å². The van der Waals surface area contributed by atoms with E-state index in [1.807, 2.05) is 21.1 Å². The maximum atomic E-state index is 12.7. The van der Waals surface area contributed by atoms with Crippen LogP contribution in [0, 0.1) is 0 Å². The minimum atomic E-state index is -4.28. The summed E-state index contributed by atoms with van der Waals surface area (Å²) in [5.41, 5.74) is 0. The Morgan fingerprint density at radius 2 is 1.06 bits per heavy atom. The van der Waals surface area contributed by atoms with Crippen molar-refractivity contribution in [1.29, 1.82) is 0 Å². The quantitative estimate of drug-likeness (QED) is 0.0218. The third-order valence-corrected chi connectivity index (χ3v) is 10.1. The van der Waals surface area contributed by atoms with Crippen LogP contribution in [0.3, 0.4) is 0 Å². The molecule has 0 aromatic rings. The van der Waals surface area contributed by atoms with Gasteiger partial charge in [-0.1, -0.05) is 146 Å². The van der Waals surface area contributed by atoms with Crippen LogP contribution >= 0.6 is 7.82 Å². The highest BCUT2D eigenvalue weighted by Crippen LogP contribution is 2.43. The lowest BCUT2D eigenvalue weighted by molar-refractivity contribution is -0.870. The molecule has 1 N–H and O–H groups in total. The number of rotatable bonds is 40. The molecular formula is C45H85NO7P+. The number of allylic oxidation sites excluding steroid dienone is 8. The third-order valence-electron chi connectivity index (χ3n) is 9.09. The highest BCUT2D eigenvalue weighted by Gasteiger charge is 2.26. The average Bonchev–Trinajstić information content (AvgIpc) is 3.12. The molecule has 0 aliphatic heterocycles. The number of esters is 1. The van der Waals surface area contributed by atoms with Gasteiger partial charge in [0.15, 0.2) is 0 Å². The molecule has 0 spiro atoms. The summed E-state index contributed by atoms with van der Waals surface area (Å²) < 4.78 is 34.9. The zero-order valence-electron chi connectivity index (χ0n) is 35.7. The molecule has 54 heavy (non-hydrogen) atoms. The van der Waals surface area contributed by atoms with Crippen molar-refractivity contribution in [2.24, 2.45) is 0 Å². The molecule has 0 aromatic carbocycles. The van der Waals surface area contributed by atoms with Crippen LogP contribution in [0.1, 0.15) is 174 Å². The topological polar surface area (TPSA) is 91.3 Å². The number of ether oxygens (including phenoxy) is 2. The molecule has 0 radical (unpaired) electrons. The third kappa shape index (κ3) is 41.6. The summed E-state index contributed by atoms with van der Waals surface area (Å²) in [5, 5.41) is 0. The fraction of sp³-hybridized carbons (Fsp3) is 0.800. The molecule has 2 atom stereocenters. The highest BCUT2D eigenvalue weighted by molar-refractivity contribution is 7.47. The Balaban J connectivity index is 4.23. The summed E-state index contributed by atoms with van der Waals surface area (Å²) in [6.45, 7) is 5.52. The first kappa shape index (κ1) is 52.5. The molecule has 0 saturated carbocycles. The van der Waals surface area contributed by atoms with Crippen molar-refractivity contribution < 1.29 is 37.3 Å². The summed E-state index contributed by atoms with van der Waals surface area (Å²) in [4.78, 5) is 22.9. The van der Waals surface area contributed by atoms with Crippen molar-refractivity contribution in [3.8, 4) is 0 Å². The molecule has 0 rings (SSSR count). The van der Waals surface area contributed by atoms with Crippen molar-refractivity contribution >= 4 is 13.8 Å². The lowest BCUT2D eigenvalue weighted by Gasteiger charge is -2.24. The second-order valence-electron chi connectivity index (χ2n) is 15.7. The summed E-state index contributed by atoms with van der Waals surface area (Å²) >= 11 is 0. The molecule has 0 aliphatic carbocycles. The first-order valence-corrected chi connectivity index (χ1v) is 23.4. The second-order valence-corrected chi connectivity index (χ2v) is 17.2. The van der Waals surface area contributed by atoms with Gasteiger partial charge in [0, 0.05) is 13.0 Å². The van der Waals surface area contributed by atoms with Gasteiger partial charge in [-0.2, -0.15) is 0 Å². The largest absolute Gasteiger partial charge is 0.472 e. The Labute approximate surface area is 333 Å². The van der Waals surface area contributed by atoms with E-state index in [0.29, 0.717) is 24.1 Å². The van der Waals surface area contributed by atoms with Crippen molar-refractivity contribution in [3.63, 3.8) is 0 Å². The number of nitrogens with zero attached hydrogens (tertiary/aromatic N) is 1. The van der Waals surface area contributed by atoms with Crippen LogP contribution in [0.25, 0.3) is 0 Å². The smallest absolute Gasteiger partial charge is 0.457 e. The summed E-state index contributed by atoms with van der Waals surface area (Å²) in [6, 6.07) is 0. The molecule has 0 bridgehead atoms. The van der Waals surface area contributed by atoms with E-state index in [1.54, 1.807) is 0 Å². The first-order valence-electron chi connectivity index (χ1n) is 21.9. The van der Waals surface area contributed by atoms with E-state index in [1.165, 1.54) is 96.3 Å². The summed E-state index contributed by atoms with van der Waals surface area (Å²) in [5.74, 6) is -0.330. The Bertz CT molecular complexity index is 1000. The molecule has 2 unspecified atom stereocenters.